The third kappa shape index (κ3) is 5.95. The average Bonchev–Trinajstić information content (AvgIpc) is 2.77. The number of anilines is 1. The topological polar surface area (TPSA) is 99.4 Å². The van der Waals surface area contributed by atoms with Gasteiger partial charge >= 0.3 is 5.97 Å². The van der Waals surface area contributed by atoms with Gasteiger partial charge in [-0.15, -0.1) is 0 Å². The molecule has 0 fully saturated rings. The van der Waals surface area contributed by atoms with Crippen molar-refractivity contribution in [3.63, 3.8) is 0 Å². The highest BCUT2D eigenvalue weighted by Crippen LogP contribution is 2.28. The maximum Gasteiger partial charge on any atom is 0.335 e. The highest BCUT2D eigenvalue weighted by Gasteiger charge is 2.09. The Hall–Kier alpha value is -4.08. The maximum atomic E-state index is 12.0. The molecule has 3 aromatic rings. The van der Waals surface area contributed by atoms with Crippen LogP contribution in [0.5, 0.6) is 5.75 Å². The highest BCUT2D eigenvalue weighted by atomic mass is 35.5. The van der Waals surface area contributed by atoms with Gasteiger partial charge in [-0.3, -0.25) is 4.79 Å². The Morgan fingerprint density at radius 2 is 1.71 bits per heavy atom. The normalized spacial score (nSPS) is 10.8. The van der Waals surface area contributed by atoms with Crippen molar-refractivity contribution in [2.45, 2.75) is 0 Å². The highest BCUT2D eigenvalue weighted by molar-refractivity contribution is 6.32. The molecule has 0 saturated carbocycles. The first kappa shape index (κ1) is 21.6. The average molecular weight is 433 g/mol. The van der Waals surface area contributed by atoms with E-state index in [4.69, 9.17) is 21.4 Å². The zero-order chi connectivity index (χ0) is 22.2. The van der Waals surface area contributed by atoms with Crippen LogP contribution in [0.4, 0.5) is 5.69 Å². The smallest absolute Gasteiger partial charge is 0.335 e. The number of para-hydroxylation sites is 1. The molecule has 0 radical (unpaired) electrons. The van der Waals surface area contributed by atoms with Crippen LogP contribution in [0.15, 0.2) is 72.8 Å². The molecule has 0 atom stereocenters. The zero-order valence-electron chi connectivity index (χ0n) is 16.2. The minimum atomic E-state index is -1.03. The number of aromatic carboxylic acids is 1. The molecule has 31 heavy (non-hydrogen) atoms. The molecule has 0 aliphatic carbocycles. The summed E-state index contributed by atoms with van der Waals surface area (Å²) in [4.78, 5) is 23.0. The Balaban J connectivity index is 1.68. The van der Waals surface area contributed by atoms with Crippen molar-refractivity contribution in [3.05, 3.63) is 94.5 Å². The van der Waals surface area contributed by atoms with Gasteiger partial charge in [0.05, 0.1) is 22.2 Å². The first-order valence-electron chi connectivity index (χ1n) is 9.19. The fourth-order valence-corrected chi connectivity index (χ4v) is 2.97. The van der Waals surface area contributed by atoms with E-state index < -0.39 is 5.97 Å². The number of carbonyl (C=O) groups is 2. The lowest BCUT2D eigenvalue weighted by molar-refractivity contribution is -0.118. The Labute approximate surface area is 184 Å². The molecule has 0 spiro atoms. The molecular formula is C24H17ClN2O4. The fraction of sp³-hybridized carbons (Fsp3) is 0.0417. The Bertz CT molecular complexity index is 1170. The molecule has 0 saturated heterocycles. The van der Waals surface area contributed by atoms with Crippen LogP contribution in [0.25, 0.3) is 11.6 Å². The van der Waals surface area contributed by atoms with Crippen molar-refractivity contribution in [3.8, 4) is 11.8 Å². The fourth-order valence-electron chi connectivity index (χ4n) is 2.72. The van der Waals surface area contributed by atoms with Gasteiger partial charge in [0.25, 0.3) is 5.91 Å². The van der Waals surface area contributed by atoms with Crippen molar-refractivity contribution in [2.24, 2.45) is 0 Å². The monoisotopic (exact) mass is 432 g/mol. The maximum absolute atomic E-state index is 12.0. The number of carboxylic acid groups (broad SMARTS) is 1. The third-order valence-electron chi connectivity index (χ3n) is 4.25. The SMILES string of the molecule is N#C/C(=C/c1ccc(OCC(=O)Nc2ccccc2)c(Cl)c1)c1ccc(C(=O)O)cc1. The summed E-state index contributed by atoms with van der Waals surface area (Å²) in [6.45, 7) is -0.205. The number of hydrogen-bond donors (Lipinski definition) is 2. The van der Waals surface area contributed by atoms with E-state index in [2.05, 4.69) is 11.4 Å². The molecule has 0 aromatic heterocycles. The summed E-state index contributed by atoms with van der Waals surface area (Å²) in [5.41, 5.74) is 2.40. The van der Waals surface area contributed by atoms with Crippen molar-refractivity contribution in [1.82, 2.24) is 0 Å². The van der Waals surface area contributed by atoms with Gasteiger partial charge in [-0.1, -0.05) is 48.0 Å². The number of allylic oxidation sites excluding steroid dienone is 1. The Kier molecular flexibility index (Phi) is 7.05. The van der Waals surface area contributed by atoms with Crippen LogP contribution in [0.1, 0.15) is 21.5 Å². The van der Waals surface area contributed by atoms with Crippen LogP contribution >= 0.6 is 11.6 Å². The molecule has 1 amide bonds. The lowest BCUT2D eigenvalue weighted by atomic mass is 10.0. The summed E-state index contributed by atoms with van der Waals surface area (Å²) in [5.74, 6) is -1.01. The Morgan fingerprint density at radius 3 is 2.32 bits per heavy atom. The zero-order valence-corrected chi connectivity index (χ0v) is 17.0. The quantitative estimate of drug-likeness (QED) is 0.398. The number of amides is 1. The standard InChI is InChI=1S/C24H17ClN2O4/c25-21-13-16(12-19(14-26)17-7-9-18(10-8-17)24(29)30)6-11-22(21)31-15-23(28)27-20-4-2-1-3-5-20/h1-13H,15H2,(H,27,28)(H,29,30)/b19-12-. The summed E-state index contributed by atoms with van der Waals surface area (Å²) >= 11 is 6.27. The molecule has 0 bridgehead atoms. The number of carbonyl (C=O) groups excluding carboxylic acids is 1. The van der Waals surface area contributed by atoms with Gasteiger partial charge in [0.2, 0.25) is 0 Å². The summed E-state index contributed by atoms with van der Waals surface area (Å²) in [6.07, 6.45) is 1.63. The first-order valence-corrected chi connectivity index (χ1v) is 9.57. The van der Waals surface area contributed by atoms with Crippen molar-refractivity contribution in [1.29, 1.82) is 5.26 Å². The van der Waals surface area contributed by atoms with Gasteiger partial charge < -0.3 is 15.2 Å². The molecule has 6 nitrogen and oxygen atoms in total. The molecule has 0 unspecified atom stereocenters. The summed E-state index contributed by atoms with van der Waals surface area (Å²) in [6, 6.07) is 22.1. The van der Waals surface area contributed by atoms with Crippen molar-refractivity contribution >= 4 is 40.8 Å². The number of rotatable bonds is 7. The van der Waals surface area contributed by atoms with E-state index in [-0.39, 0.29) is 18.1 Å². The van der Waals surface area contributed by atoms with Gasteiger partial charge in [-0.25, -0.2) is 4.79 Å². The van der Waals surface area contributed by atoms with E-state index in [1.54, 1.807) is 48.5 Å². The van der Waals surface area contributed by atoms with E-state index >= 15 is 0 Å². The van der Waals surface area contributed by atoms with E-state index in [0.29, 0.717) is 33.2 Å². The van der Waals surface area contributed by atoms with Gasteiger partial charge in [0, 0.05) is 5.69 Å². The Morgan fingerprint density at radius 1 is 1.03 bits per heavy atom. The van der Waals surface area contributed by atoms with Crippen LogP contribution < -0.4 is 10.1 Å². The molecule has 0 aliphatic heterocycles. The number of benzene rings is 3. The van der Waals surface area contributed by atoms with Gasteiger partial charge in [0.15, 0.2) is 6.61 Å². The predicted molar refractivity (Wildman–Crippen MR) is 119 cm³/mol. The second-order valence-corrected chi connectivity index (χ2v) is 6.85. The molecule has 7 heteroatoms. The molecule has 0 heterocycles. The summed E-state index contributed by atoms with van der Waals surface area (Å²) in [7, 11) is 0. The second-order valence-electron chi connectivity index (χ2n) is 6.45. The van der Waals surface area contributed by atoms with E-state index in [0.717, 1.165) is 0 Å². The van der Waals surface area contributed by atoms with Crippen LogP contribution in [0, 0.1) is 11.3 Å². The second kappa shape index (κ2) is 10.1. The lowest BCUT2D eigenvalue weighted by Crippen LogP contribution is -2.20. The van der Waals surface area contributed by atoms with Crippen LogP contribution in [-0.4, -0.2) is 23.6 Å². The molecule has 3 aromatic carbocycles. The molecule has 2 N–H and O–H groups in total. The summed E-state index contributed by atoms with van der Waals surface area (Å²) < 4.78 is 5.49. The minimum Gasteiger partial charge on any atom is -0.482 e. The van der Waals surface area contributed by atoms with E-state index in [9.17, 15) is 14.9 Å². The van der Waals surface area contributed by atoms with E-state index in [1.807, 2.05) is 18.2 Å². The summed E-state index contributed by atoms with van der Waals surface area (Å²) in [5, 5.41) is 21.5. The number of nitrogens with one attached hydrogen (secondary N) is 1. The number of hydrogen-bond acceptors (Lipinski definition) is 4. The van der Waals surface area contributed by atoms with Gasteiger partial charge in [-0.2, -0.15) is 5.26 Å². The number of halogens is 1. The van der Waals surface area contributed by atoms with Crippen molar-refractivity contribution < 1.29 is 19.4 Å². The largest absolute Gasteiger partial charge is 0.482 e. The van der Waals surface area contributed by atoms with Crippen molar-refractivity contribution in [2.75, 3.05) is 11.9 Å². The molecular weight excluding hydrogens is 416 g/mol. The third-order valence-corrected chi connectivity index (χ3v) is 4.54. The lowest BCUT2D eigenvalue weighted by Gasteiger charge is -2.09. The minimum absolute atomic E-state index is 0.141. The number of nitriles is 1. The van der Waals surface area contributed by atoms with Crippen LogP contribution in [0.2, 0.25) is 5.02 Å². The first-order chi connectivity index (χ1) is 15.0. The van der Waals surface area contributed by atoms with Gasteiger partial charge in [-0.05, 0) is 53.6 Å². The predicted octanol–water partition coefficient (Wildman–Crippen LogP) is 5.12. The molecule has 154 valence electrons. The molecule has 0 aliphatic rings. The van der Waals surface area contributed by atoms with Crippen LogP contribution in [0.3, 0.4) is 0 Å². The van der Waals surface area contributed by atoms with E-state index in [1.165, 1.54) is 12.1 Å². The number of ether oxygens (including phenoxy) is 1. The van der Waals surface area contributed by atoms with Crippen LogP contribution in [-0.2, 0) is 4.79 Å². The number of carboxylic acids is 1. The van der Waals surface area contributed by atoms with Gasteiger partial charge in [0.1, 0.15) is 5.75 Å². The number of nitrogens with zero attached hydrogens (tertiary/aromatic N) is 1. The molecule has 3 rings (SSSR count).